The molecule has 96 valence electrons. The lowest BCUT2D eigenvalue weighted by Gasteiger charge is -2.02. The minimum absolute atomic E-state index is 0.794. The highest BCUT2D eigenvalue weighted by molar-refractivity contribution is 7.26. The van der Waals surface area contributed by atoms with Gasteiger partial charge in [-0.05, 0) is 29.3 Å². The maximum Gasteiger partial charge on any atom is 0.0433 e. The number of halogens is 1. The van der Waals surface area contributed by atoms with Crippen molar-refractivity contribution in [2.24, 2.45) is 0 Å². The Hall–Kier alpha value is -1.83. The highest BCUT2D eigenvalue weighted by atomic mass is 35.5. The summed E-state index contributed by atoms with van der Waals surface area (Å²) in [6.07, 6.45) is 0. The van der Waals surface area contributed by atoms with E-state index in [9.17, 15) is 0 Å². The molecule has 0 saturated carbocycles. The van der Waals surface area contributed by atoms with Crippen LogP contribution in [0.5, 0.6) is 0 Å². The van der Waals surface area contributed by atoms with Crippen molar-refractivity contribution < 1.29 is 0 Å². The molecule has 0 aliphatic heterocycles. The van der Waals surface area contributed by atoms with Crippen molar-refractivity contribution in [3.63, 3.8) is 0 Å². The fourth-order valence-electron chi connectivity index (χ4n) is 2.62. The molecule has 0 saturated heterocycles. The topological polar surface area (TPSA) is 0 Å². The first-order chi connectivity index (χ1) is 9.83. The van der Waals surface area contributed by atoms with Gasteiger partial charge in [-0.2, -0.15) is 0 Å². The summed E-state index contributed by atoms with van der Waals surface area (Å²) < 4.78 is 2.61. The largest absolute Gasteiger partial charge is 0.135 e. The third kappa shape index (κ3) is 1.82. The second-order valence-electron chi connectivity index (χ2n) is 4.79. The molecule has 4 aromatic rings. The molecular formula is C18H11ClS. The van der Waals surface area contributed by atoms with E-state index in [2.05, 4.69) is 54.6 Å². The molecule has 4 rings (SSSR count). The molecule has 0 atom stereocenters. The predicted molar refractivity (Wildman–Crippen MR) is 89.8 cm³/mol. The Balaban J connectivity index is 2.11. The molecule has 0 aliphatic rings. The first kappa shape index (κ1) is 12.0. The van der Waals surface area contributed by atoms with Crippen molar-refractivity contribution in [1.29, 1.82) is 0 Å². The molecule has 0 spiro atoms. The van der Waals surface area contributed by atoms with Crippen LogP contribution in [0.25, 0.3) is 31.3 Å². The standard InChI is InChI=1S/C18H11ClS/c19-13-9-10-17-16(11-13)15-8-4-7-14(18(15)20-17)12-5-2-1-3-6-12/h1-11H. The molecule has 0 N–H and O–H groups in total. The Kier molecular flexibility index (Phi) is 2.76. The van der Waals surface area contributed by atoms with E-state index in [1.807, 2.05) is 23.5 Å². The molecule has 2 heteroatoms. The zero-order valence-electron chi connectivity index (χ0n) is 10.6. The summed E-state index contributed by atoms with van der Waals surface area (Å²) >= 11 is 7.97. The van der Waals surface area contributed by atoms with Gasteiger partial charge in [0, 0.05) is 25.2 Å². The molecule has 0 fully saturated rings. The Morgan fingerprint density at radius 1 is 0.750 bits per heavy atom. The van der Waals surface area contributed by atoms with Crippen LogP contribution in [0, 0.1) is 0 Å². The monoisotopic (exact) mass is 294 g/mol. The fraction of sp³-hybridized carbons (Fsp3) is 0. The average molecular weight is 295 g/mol. The van der Waals surface area contributed by atoms with Crippen molar-refractivity contribution in [2.75, 3.05) is 0 Å². The summed E-state index contributed by atoms with van der Waals surface area (Å²) in [5, 5.41) is 3.33. The molecule has 1 heterocycles. The van der Waals surface area contributed by atoms with Gasteiger partial charge in [0.15, 0.2) is 0 Å². The van der Waals surface area contributed by atoms with Gasteiger partial charge in [-0.25, -0.2) is 0 Å². The van der Waals surface area contributed by atoms with Crippen LogP contribution < -0.4 is 0 Å². The van der Waals surface area contributed by atoms with Crippen LogP contribution in [0.15, 0.2) is 66.7 Å². The Bertz CT molecular complexity index is 907. The van der Waals surface area contributed by atoms with E-state index < -0.39 is 0 Å². The van der Waals surface area contributed by atoms with Gasteiger partial charge < -0.3 is 0 Å². The summed E-state index contributed by atoms with van der Waals surface area (Å²) in [6, 6.07) is 23.1. The number of hydrogen-bond donors (Lipinski definition) is 0. The molecular weight excluding hydrogens is 284 g/mol. The smallest absolute Gasteiger partial charge is 0.0433 e. The second-order valence-corrected chi connectivity index (χ2v) is 6.28. The molecule has 0 radical (unpaired) electrons. The van der Waals surface area contributed by atoms with Crippen LogP contribution in [0.1, 0.15) is 0 Å². The fourth-order valence-corrected chi connectivity index (χ4v) is 4.01. The number of hydrogen-bond acceptors (Lipinski definition) is 1. The highest BCUT2D eigenvalue weighted by Crippen LogP contribution is 2.40. The van der Waals surface area contributed by atoms with Gasteiger partial charge in [0.25, 0.3) is 0 Å². The lowest BCUT2D eigenvalue weighted by Crippen LogP contribution is -1.76. The molecule has 0 nitrogen and oxygen atoms in total. The van der Waals surface area contributed by atoms with E-state index in [0.29, 0.717) is 0 Å². The van der Waals surface area contributed by atoms with Crippen LogP contribution in [0.3, 0.4) is 0 Å². The molecule has 0 aliphatic carbocycles. The molecule has 0 bridgehead atoms. The van der Waals surface area contributed by atoms with E-state index >= 15 is 0 Å². The molecule has 1 aromatic heterocycles. The number of rotatable bonds is 1. The molecule has 3 aromatic carbocycles. The van der Waals surface area contributed by atoms with Crippen LogP contribution in [-0.2, 0) is 0 Å². The normalized spacial score (nSPS) is 11.2. The van der Waals surface area contributed by atoms with Gasteiger partial charge in [0.1, 0.15) is 0 Å². The SMILES string of the molecule is Clc1ccc2sc3c(-c4ccccc4)cccc3c2c1. The van der Waals surface area contributed by atoms with Crippen LogP contribution in [0.4, 0.5) is 0 Å². The summed E-state index contributed by atoms with van der Waals surface area (Å²) in [4.78, 5) is 0. The minimum Gasteiger partial charge on any atom is -0.135 e. The van der Waals surface area contributed by atoms with E-state index in [0.717, 1.165) is 5.02 Å². The maximum atomic E-state index is 6.14. The van der Waals surface area contributed by atoms with Gasteiger partial charge in [-0.1, -0.05) is 60.1 Å². The van der Waals surface area contributed by atoms with E-state index in [1.165, 1.54) is 31.3 Å². The van der Waals surface area contributed by atoms with E-state index in [1.54, 1.807) is 0 Å². The van der Waals surface area contributed by atoms with Crippen molar-refractivity contribution >= 4 is 43.1 Å². The zero-order valence-corrected chi connectivity index (χ0v) is 12.2. The van der Waals surface area contributed by atoms with E-state index in [-0.39, 0.29) is 0 Å². The van der Waals surface area contributed by atoms with Gasteiger partial charge in [0.05, 0.1) is 0 Å². The molecule has 0 unspecified atom stereocenters. The number of fused-ring (bicyclic) bond motifs is 3. The molecule has 20 heavy (non-hydrogen) atoms. The predicted octanol–water partition coefficient (Wildman–Crippen LogP) is 6.37. The average Bonchev–Trinajstić information content (AvgIpc) is 2.86. The van der Waals surface area contributed by atoms with Crippen LogP contribution >= 0.6 is 22.9 Å². The van der Waals surface area contributed by atoms with Crippen LogP contribution in [-0.4, -0.2) is 0 Å². The van der Waals surface area contributed by atoms with Crippen molar-refractivity contribution in [1.82, 2.24) is 0 Å². The summed E-state index contributed by atoms with van der Waals surface area (Å²) in [6.45, 7) is 0. The van der Waals surface area contributed by atoms with Gasteiger partial charge in [0.2, 0.25) is 0 Å². The summed E-state index contributed by atoms with van der Waals surface area (Å²) in [5.41, 5.74) is 2.55. The summed E-state index contributed by atoms with van der Waals surface area (Å²) in [5.74, 6) is 0. The van der Waals surface area contributed by atoms with Gasteiger partial charge >= 0.3 is 0 Å². The maximum absolute atomic E-state index is 6.14. The Morgan fingerprint density at radius 3 is 2.45 bits per heavy atom. The zero-order chi connectivity index (χ0) is 13.5. The van der Waals surface area contributed by atoms with Crippen LogP contribution in [0.2, 0.25) is 5.02 Å². The van der Waals surface area contributed by atoms with E-state index in [4.69, 9.17) is 11.6 Å². The molecule has 0 amide bonds. The lowest BCUT2D eigenvalue weighted by atomic mass is 10.0. The van der Waals surface area contributed by atoms with Gasteiger partial charge in [-0.3, -0.25) is 0 Å². The van der Waals surface area contributed by atoms with Gasteiger partial charge in [-0.15, -0.1) is 11.3 Å². The highest BCUT2D eigenvalue weighted by Gasteiger charge is 2.10. The lowest BCUT2D eigenvalue weighted by molar-refractivity contribution is 1.67. The first-order valence-electron chi connectivity index (χ1n) is 6.49. The second kappa shape index (κ2) is 4.62. The van der Waals surface area contributed by atoms with Crippen molar-refractivity contribution in [2.45, 2.75) is 0 Å². The summed E-state index contributed by atoms with van der Waals surface area (Å²) in [7, 11) is 0. The Labute approximate surface area is 126 Å². The number of benzene rings is 3. The third-order valence-corrected chi connectivity index (χ3v) is 5.00. The minimum atomic E-state index is 0.794. The van der Waals surface area contributed by atoms with Crippen molar-refractivity contribution in [3.8, 4) is 11.1 Å². The Morgan fingerprint density at radius 2 is 1.60 bits per heavy atom. The quantitative estimate of drug-likeness (QED) is 0.382. The number of thiophene rings is 1. The third-order valence-electron chi connectivity index (χ3n) is 3.54. The van der Waals surface area contributed by atoms with Crippen molar-refractivity contribution in [3.05, 3.63) is 71.8 Å². The first-order valence-corrected chi connectivity index (χ1v) is 7.68.